The van der Waals surface area contributed by atoms with Crippen molar-refractivity contribution in [1.82, 2.24) is 0 Å². The number of hydrogen-bond acceptors (Lipinski definition) is 1. The molecule has 3 heteroatoms. The number of rotatable bonds is 4. The molecule has 0 nitrogen and oxygen atoms in total. The van der Waals surface area contributed by atoms with Gasteiger partial charge in [0.1, 0.15) is 0 Å². The Balaban J connectivity index is 2.05. The van der Waals surface area contributed by atoms with E-state index in [1.165, 1.54) is 4.90 Å². The second-order valence-corrected chi connectivity index (χ2v) is 7.05. The summed E-state index contributed by atoms with van der Waals surface area (Å²) in [5, 5.41) is 0. The molecule has 0 radical (unpaired) electrons. The van der Waals surface area contributed by atoms with E-state index in [0.29, 0.717) is 0 Å². The SMILES string of the molecule is FCc1ccccc1[Se]Sc1ccccc1. The third-order valence-corrected chi connectivity index (χ3v) is 6.52. The van der Waals surface area contributed by atoms with Gasteiger partial charge < -0.3 is 0 Å². The van der Waals surface area contributed by atoms with Gasteiger partial charge in [-0.3, -0.25) is 0 Å². The molecule has 2 aromatic carbocycles. The second-order valence-electron chi connectivity index (χ2n) is 3.22. The van der Waals surface area contributed by atoms with Crippen molar-refractivity contribution in [2.24, 2.45) is 0 Å². The summed E-state index contributed by atoms with van der Waals surface area (Å²) in [6.45, 7) is -0.368. The monoisotopic (exact) mass is 298 g/mol. The minimum absolute atomic E-state index is 0.240. The number of hydrogen-bond donors (Lipinski definition) is 0. The first-order chi connectivity index (χ1) is 7.90. The molecule has 2 rings (SSSR count). The van der Waals surface area contributed by atoms with E-state index < -0.39 is 0 Å². The molecule has 0 aliphatic carbocycles. The molecule has 0 fully saturated rings. The summed E-state index contributed by atoms with van der Waals surface area (Å²) in [4.78, 5) is 1.25. The maximum absolute atomic E-state index is 12.7. The van der Waals surface area contributed by atoms with E-state index in [-0.39, 0.29) is 20.5 Å². The Hall–Kier alpha value is -0.761. The molecule has 0 spiro atoms. The molecule has 0 saturated carbocycles. The standard InChI is InChI=1S/C13H11FSSe/c14-10-11-6-4-5-9-13(11)16-15-12-7-2-1-3-8-12/h1-9H,10H2. The third-order valence-electron chi connectivity index (χ3n) is 2.09. The molecule has 16 heavy (non-hydrogen) atoms. The van der Waals surface area contributed by atoms with Gasteiger partial charge in [-0.05, 0) is 0 Å². The predicted molar refractivity (Wildman–Crippen MR) is 68.9 cm³/mol. The van der Waals surface area contributed by atoms with Crippen LogP contribution in [0.1, 0.15) is 5.56 Å². The van der Waals surface area contributed by atoms with Crippen molar-refractivity contribution in [2.75, 3.05) is 0 Å². The van der Waals surface area contributed by atoms with Gasteiger partial charge in [-0.2, -0.15) is 0 Å². The van der Waals surface area contributed by atoms with Crippen LogP contribution in [-0.4, -0.2) is 13.8 Å². The summed E-state index contributed by atoms with van der Waals surface area (Å²) in [5.74, 6) is 0. The zero-order chi connectivity index (χ0) is 11.2. The van der Waals surface area contributed by atoms with Crippen molar-refractivity contribution < 1.29 is 4.39 Å². The van der Waals surface area contributed by atoms with Gasteiger partial charge in [-0.1, -0.05) is 0 Å². The van der Waals surface area contributed by atoms with Crippen molar-refractivity contribution in [1.29, 1.82) is 0 Å². The van der Waals surface area contributed by atoms with Crippen molar-refractivity contribution in [3.8, 4) is 0 Å². The van der Waals surface area contributed by atoms with E-state index in [1.54, 1.807) is 10.2 Å². The average molecular weight is 297 g/mol. The minimum atomic E-state index is -0.368. The molecule has 82 valence electrons. The van der Waals surface area contributed by atoms with Crippen molar-refractivity contribution in [2.45, 2.75) is 11.6 Å². The van der Waals surface area contributed by atoms with Gasteiger partial charge in [-0.15, -0.1) is 0 Å². The van der Waals surface area contributed by atoms with Crippen LogP contribution in [0.4, 0.5) is 4.39 Å². The zero-order valence-corrected chi connectivity index (χ0v) is 11.1. The number of halogens is 1. The Morgan fingerprint density at radius 1 is 0.938 bits per heavy atom. The quantitative estimate of drug-likeness (QED) is 0.781. The van der Waals surface area contributed by atoms with Crippen LogP contribution in [0.15, 0.2) is 59.5 Å². The van der Waals surface area contributed by atoms with E-state index in [1.807, 2.05) is 42.5 Å². The molecule has 0 N–H and O–H groups in total. The topological polar surface area (TPSA) is 0 Å². The van der Waals surface area contributed by atoms with Crippen LogP contribution >= 0.6 is 10.2 Å². The Bertz CT molecular complexity index is 445. The Morgan fingerprint density at radius 2 is 1.62 bits per heavy atom. The predicted octanol–water partition coefficient (Wildman–Crippen LogP) is 3.19. The second kappa shape index (κ2) is 6.09. The first-order valence-corrected chi connectivity index (χ1v) is 8.63. The maximum atomic E-state index is 12.7. The van der Waals surface area contributed by atoms with Gasteiger partial charge in [0.15, 0.2) is 0 Å². The zero-order valence-electron chi connectivity index (χ0n) is 8.60. The third kappa shape index (κ3) is 3.11. The summed E-state index contributed by atoms with van der Waals surface area (Å²) >= 11 is 0.240. The van der Waals surface area contributed by atoms with Crippen molar-refractivity contribution >= 4 is 28.5 Å². The van der Waals surface area contributed by atoms with E-state index in [2.05, 4.69) is 12.1 Å². The van der Waals surface area contributed by atoms with Crippen LogP contribution in [0.3, 0.4) is 0 Å². The number of benzene rings is 2. The van der Waals surface area contributed by atoms with E-state index in [9.17, 15) is 4.39 Å². The van der Waals surface area contributed by atoms with Crippen LogP contribution < -0.4 is 4.46 Å². The van der Waals surface area contributed by atoms with Gasteiger partial charge in [0.25, 0.3) is 0 Å². The summed E-state index contributed by atoms with van der Waals surface area (Å²) < 4.78 is 13.9. The molecule has 0 unspecified atom stereocenters. The van der Waals surface area contributed by atoms with E-state index in [0.717, 1.165) is 10.0 Å². The van der Waals surface area contributed by atoms with Gasteiger partial charge in [0.2, 0.25) is 0 Å². The number of alkyl halides is 1. The summed E-state index contributed by atoms with van der Waals surface area (Å²) in [6, 6.07) is 18.0. The fourth-order valence-corrected chi connectivity index (χ4v) is 5.20. The van der Waals surface area contributed by atoms with Gasteiger partial charge in [-0.25, -0.2) is 0 Å². The van der Waals surface area contributed by atoms with Crippen molar-refractivity contribution in [3.63, 3.8) is 0 Å². The first kappa shape index (κ1) is 11.7. The van der Waals surface area contributed by atoms with Crippen LogP contribution in [-0.2, 0) is 6.67 Å². The van der Waals surface area contributed by atoms with Crippen LogP contribution in [0.25, 0.3) is 0 Å². The molecule has 0 saturated heterocycles. The van der Waals surface area contributed by atoms with Gasteiger partial charge in [0.05, 0.1) is 0 Å². The molecule has 2 aromatic rings. The summed E-state index contributed by atoms with van der Waals surface area (Å²) in [7, 11) is 1.80. The van der Waals surface area contributed by atoms with Crippen LogP contribution in [0.5, 0.6) is 0 Å². The first-order valence-electron chi connectivity index (χ1n) is 4.93. The molecule has 0 heterocycles. The van der Waals surface area contributed by atoms with E-state index in [4.69, 9.17) is 0 Å². The van der Waals surface area contributed by atoms with E-state index >= 15 is 0 Å². The summed E-state index contributed by atoms with van der Waals surface area (Å²) in [5.41, 5.74) is 0.825. The molecule has 0 bridgehead atoms. The molecule has 0 aliphatic rings. The Kier molecular flexibility index (Phi) is 4.46. The fraction of sp³-hybridized carbons (Fsp3) is 0.0769. The molecule has 0 aliphatic heterocycles. The van der Waals surface area contributed by atoms with Gasteiger partial charge in [0, 0.05) is 0 Å². The van der Waals surface area contributed by atoms with Gasteiger partial charge >= 0.3 is 105 Å². The summed E-state index contributed by atoms with van der Waals surface area (Å²) in [6.07, 6.45) is 0. The molecular weight excluding hydrogens is 286 g/mol. The van der Waals surface area contributed by atoms with Crippen LogP contribution in [0.2, 0.25) is 0 Å². The molecule has 0 aromatic heterocycles. The Labute approximate surface area is 104 Å². The average Bonchev–Trinajstić information content (AvgIpc) is 2.38. The fourth-order valence-electron chi connectivity index (χ4n) is 1.26. The normalized spacial score (nSPS) is 10.3. The van der Waals surface area contributed by atoms with Crippen molar-refractivity contribution in [3.05, 3.63) is 60.2 Å². The Morgan fingerprint density at radius 3 is 2.38 bits per heavy atom. The molecule has 0 amide bonds. The van der Waals surface area contributed by atoms with Crippen LogP contribution in [0, 0.1) is 0 Å². The molecule has 0 atom stereocenters. The molecular formula is C13H11FSSe.